The highest BCUT2D eigenvalue weighted by atomic mass is 16.5. The number of hydrogen-bond donors (Lipinski definition) is 1. The molecule has 0 aromatic heterocycles. The molecule has 2 rings (SSSR count). The molecular formula is C23H26O5. The van der Waals surface area contributed by atoms with Crippen molar-refractivity contribution in [3.05, 3.63) is 70.8 Å². The smallest absolute Gasteiger partial charge is 0.335 e. The second-order valence-electron chi connectivity index (χ2n) is 7.88. The number of ether oxygens (including phenoxy) is 1. The molecule has 0 fully saturated rings. The summed E-state index contributed by atoms with van der Waals surface area (Å²) < 4.78 is 4.86. The number of rotatable bonds is 7. The van der Waals surface area contributed by atoms with Gasteiger partial charge >= 0.3 is 11.9 Å². The Morgan fingerprint density at radius 2 is 1.46 bits per heavy atom. The SMILES string of the molecule is COC(=O)[C@@H](CC(=O)c1ccc(C(C)(C)C)cc1)Cc1ccc(C(=O)O)cc1. The van der Waals surface area contributed by atoms with Crippen molar-refractivity contribution < 1.29 is 24.2 Å². The lowest BCUT2D eigenvalue weighted by Crippen LogP contribution is -2.22. The first-order valence-electron chi connectivity index (χ1n) is 9.15. The fraction of sp³-hybridized carbons (Fsp3) is 0.348. The number of methoxy groups -OCH3 is 1. The number of hydrogen-bond acceptors (Lipinski definition) is 4. The van der Waals surface area contributed by atoms with E-state index in [9.17, 15) is 14.4 Å². The van der Waals surface area contributed by atoms with Gasteiger partial charge in [-0.25, -0.2) is 4.79 Å². The van der Waals surface area contributed by atoms with Gasteiger partial charge in [0.2, 0.25) is 0 Å². The second kappa shape index (κ2) is 8.83. The molecule has 0 aliphatic rings. The molecule has 0 aliphatic carbocycles. The molecule has 0 bridgehead atoms. The first-order chi connectivity index (χ1) is 13.1. The lowest BCUT2D eigenvalue weighted by atomic mass is 9.86. The van der Waals surface area contributed by atoms with Crippen LogP contribution in [0.5, 0.6) is 0 Å². The summed E-state index contributed by atoms with van der Waals surface area (Å²) in [4.78, 5) is 35.8. The Balaban J connectivity index is 2.14. The summed E-state index contributed by atoms with van der Waals surface area (Å²) in [6.07, 6.45) is 0.334. The van der Waals surface area contributed by atoms with Crippen LogP contribution >= 0.6 is 0 Å². The van der Waals surface area contributed by atoms with Crippen LogP contribution in [0.15, 0.2) is 48.5 Å². The molecule has 0 heterocycles. The Labute approximate surface area is 165 Å². The highest BCUT2D eigenvalue weighted by Crippen LogP contribution is 2.23. The lowest BCUT2D eigenvalue weighted by Gasteiger charge is -2.19. The van der Waals surface area contributed by atoms with Crippen molar-refractivity contribution in [3.8, 4) is 0 Å². The molecule has 5 heteroatoms. The molecule has 0 unspecified atom stereocenters. The molecular weight excluding hydrogens is 356 g/mol. The van der Waals surface area contributed by atoms with E-state index in [0.717, 1.165) is 11.1 Å². The molecule has 2 aromatic rings. The van der Waals surface area contributed by atoms with Gasteiger partial charge < -0.3 is 9.84 Å². The molecule has 0 saturated carbocycles. The molecule has 148 valence electrons. The minimum absolute atomic E-state index is 0.00174. The van der Waals surface area contributed by atoms with E-state index in [1.165, 1.54) is 19.2 Å². The van der Waals surface area contributed by atoms with E-state index in [4.69, 9.17) is 9.84 Å². The predicted octanol–water partition coefficient (Wildman–Crippen LogP) is 4.29. The maximum atomic E-state index is 12.7. The highest BCUT2D eigenvalue weighted by molar-refractivity contribution is 5.98. The molecule has 1 N–H and O–H groups in total. The zero-order valence-corrected chi connectivity index (χ0v) is 16.7. The van der Waals surface area contributed by atoms with Gasteiger partial charge in [-0.1, -0.05) is 57.2 Å². The summed E-state index contributed by atoms with van der Waals surface area (Å²) in [6, 6.07) is 13.7. The van der Waals surface area contributed by atoms with E-state index in [0.29, 0.717) is 12.0 Å². The monoisotopic (exact) mass is 382 g/mol. The van der Waals surface area contributed by atoms with Gasteiger partial charge in [0, 0.05) is 12.0 Å². The second-order valence-corrected chi connectivity index (χ2v) is 7.88. The van der Waals surface area contributed by atoms with Crippen LogP contribution in [0.4, 0.5) is 0 Å². The topological polar surface area (TPSA) is 80.7 Å². The number of benzene rings is 2. The average molecular weight is 382 g/mol. The van der Waals surface area contributed by atoms with Gasteiger partial charge in [-0.3, -0.25) is 9.59 Å². The van der Waals surface area contributed by atoms with Crippen LogP contribution in [0, 0.1) is 5.92 Å². The maximum Gasteiger partial charge on any atom is 0.335 e. The van der Waals surface area contributed by atoms with E-state index in [1.807, 2.05) is 12.1 Å². The largest absolute Gasteiger partial charge is 0.478 e. The van der Waals surface area contributed by atoms with E-state index in [1.54, 1.807) is 24.3 Å². The fourth-order valence-electron chi connectivity index (χ4n) is 2.97. The quantitative estimate of drug-likeness (QED) is 0.571. The van der Waals surface area contributed by atoms with Crippen LogP contribution in [0.3, 0.4) is 0 Å². The van der Waals surface area contributed by atoms with Crippen LogP contribution in [0.25, 0.3) is 0 Å². The van der Waals surface area contributed by atoms with Gasteiger partial charge in [-0.15, -0.1) is 0 Å². The van der Waals surface area contributed by atoms with Crippen molar-refractivity contribution in [2.75, 3.05) is 7.11 Å². The van der Waals surface area contributed by atoms with Crippen LogP contribution in [0.1, 0.15) is 59.0 Å². The number of carbonyl (C=O) groups is 3. The van der Waals surface area contributed by atoms with Crippen molar-refractivity contribution >= 4 is 17.7 Å². The first-order valence-corrected chi connectivity index (χ1v) is 9.15. The number of Topliss-reactive ketones (excluding diaryl/α,β-unsaturated/α-hetero) is 1. The third-order valence-corrected chi connectivity index (χ3v) is 4.72. The zero-order valence-electron chi connectivity index (χ0n) is 16.7. The van der Waals surface area contributed by atoms with Gasteiger partial charge in [0.25, 0.3) is 0 Å². The summed E-state index contributed by atoms with van der Waals surface area (Å²) in [5.74, 6) is -2.22. The summed E-state index contributed by atoms with van der Waals surface area (Å²) >= 11 is 0. The Bertz CT molecular complexity index is 842. The third kappa shape index (κ3) is 5.52. The van der Waals surface area contributed by atoms with Gasteiger partial charge in [-0.05, 0) is 35.1 Å². The van der Waals surface area contributed by atoms with E-state index >= 15 is 0 Å². The number of ketones is 1. The van der Waals surface area contributed by atoms with Gasteiger partial charge in [0.1, 0.15) is 0 Å². The highest BCUT2D eigenvalue weighted by Gasteiger charge is 2.24. The van der Waals surface area contributed by atoms with Crippen LogP contribution in [0.2, 0.25) is 0 Å². The third-order valence-electron chi connectivity index (χ3n) is 4.72. The predicted molar refractivity (Wildman–Crippen MR) is 107 cm³/mol. The minimum Gasteiger partial charge on any atom is -0.478 e. The van der Waals surface area contributed by atoms with Crippen molar-refractivity contribution in [1.82, 2.24) is 0 Å². The molecule has 0 aliphatic heterocycles. The summed E-state index contributed by atoms with van der Waals surface area (Å²) in [6.45, 7) is 6.31. The minimum atomic E-state index is -1.01. The van der Waals surface area contributed by atoms with Crippen molar-refractivity contribution in [2.45, 2.75) is 39.0 Å². The molecule has 0 amide bonds. The Morgan fingerprint density at radius 3 is 1.93 bits per heavy atom. The van der Waals surface area contributed by atoms with E-state index in [2.05, 4.69) is 20.8 Å². The van der Waals surface area contributed by atoms with Crippen LogP contribution in [-0.4, -0.2) is 29.9 Å². The summed E-state index contributed by atoms with van der Waals surface area (Å²) in [5.41, 5.74) is 2.64. The summed E-state index contributed by atoms with van der Waals surface area (Å²) in [5, 5.41) is 8.98. The normalized spacial score (nSPS) is 12.3. The van der Waals surface area contributed by atoms with Crippen LogP contribution in [-0.2, 0) is 21.4 Å². The molecule has 5 nitrogen and oxygen atoms in total. The lowest BCUT2D eigenvalue weighted by molar-refractivity contribution is -0.145. The molecule has 0 radical (unpaired) electrons. The Morgan fingerprint density at radius 1 is 0.929 bits per heavy atom. The number of carboxylic acid groups (broad SMARTS) is 1. The van der Waals surface area contributed by atoms with Gasteiger partial charge in [-0.2, -0.15) is 0 Å². The molecule has 0 saturated heterocycles. The van der Waals surface area contributed by atoms with E-state index < -0.39 is 17.9 Å². The van der Waals surface area contributed by atoms with Crippen molar-refractivity contribution in [1.29, 1.82) is 0 Å². The number of carboxylic acids is 1. The van der Waals surface area contributed by atoms with Crippen molar-refractivity contribution in [3.63, 3.8) is 0 Å². The van der Waals surface area contributed by atoms with E-state index in [-0.39, 0.29) is 23.2 Å². The first kappa shape index (κ1) is 21.4. The molecule has 2 aromatic carbocycles. The fourth-order valence-corrected chi connectivity index (χ4v) is 2.97. The molecule has 1 atom stereocenters. The summed E-state index contributed by atoms with van der Waals surface area (Å²) in [7, 11) is 1.30. The standard InChI is InChI=1S/C23H26O5/c1-23(2,3)19-11-9-16(10-12-19)20(24)14-18(22(27)28-4)13-15-5-7-17(8-6-15)21(25)26/h5-12,18H,13-14H2,1-4H3,(H,25,26)/t18-/m1/s1. The van der Waals surface area contributed by atoms with Crippen LogP contribution < -0.4 is 0 Å². The Kier molecular flexibility index (Phi) is 6.73. The molecule has 0 spiro atoms. The average Bonchev–Trinajstić information content (AvgIpc) is 2.66. The number of aromatic carboxylic acids is 1. The Hall–Kier alpha value is -2.95. The van der Waals surface area contributed by atoms with Crippen molar-refractivity contribution in [2.24, 2.45) is 5.92 Å². The maximum absolute atomic E-state index is 12.7. The number of esters is 1. The van der Waals surface area contributed by atoms with Gasteiger partial charge in [0.15, 0.2) is 5.78 Å². The van der Waals surface area contributed by atoms with Gasteiger partial charge in [0.05, 0.1) is 18.6 Å². The number of carbonyl (C=O) groups excluding carboxylic acids is 2. The molecule has 28 heavy (non-hydrogen) atoms. The zero-order chi connectivity index (χ0) is 20.9.